The summed E-state index contributed by atoms with van der Waals surface area (Å²) in [5, 5.41) is 1.68. The third kappa shape index (κ3) is 7.15. The Balaban J connectivity index is 1.66. The second-order valence-electron chi connectivity index (χ2n) is 10.9. The lowest BCUT2D eigenvalue weighted by molar-refractivity contribution is -0.165. The fraction of sp³-hybridized carbons (Fsp3) is 0.621. The number of rotatable bonds is 13. The summed E-state index contributed by atoms with van der Waals surface area (Å²) in [5.74, 6) is -2.36. The van der Waals surface area contributed by atoms with Gasteiger partial charge >= 0.3 is 5.97 Å². The molecule has 0 amide bonds. The van der Waals surface area contributed by atoms with Crippen LogP contribution in [0.1, 0.15) is 101 Å². The number of aryl methyl sites for hydroxylation is 1. The molecule has 0 aliphatic carbocycles. The Labute approximate surface area is 228 Å². The van der Waals surface area contributed by atoms with Gasteiger partial charge in [-0.25, -0.2) is 4.79 Å². The number of aromatic nitrogens is 1. The molecular formula is C29H41BrN2O5. The number of halogens is 1. The van der Waals surface area contributed by atoms with Crippen LogP contribution in [0.2, 0.25) is 0 Å². The van der Waals surface area contributed by atoms with Crippen LogP contribution in [0.25, 0.3) is 10.9 Å². The average molecular weight is 578 g/mol. The monoisotopic (exact) mass is 576 g/mol. The number of nitrogens with two attached hydrogens (primary N) is 1. The first kappa shape index (κ1) is 29.2. The van der Waals surface area contributed by atoms with Gasteiger partial charge in [-0.1, -0.05) is 67.3 Å². The number of nitrogen functional groups attached to an aromatic ring is 1. The standard InChI is InChI=1S/C29H41BrN2O5/c1-19-23(31)22-21(32(19)18-14-12-10-8-6-5-7-9-11-13-17-30)16-15-20-24(33)25(34)27(36-26(20)22)28(35)37-29(2,3)4/h15-16,27H,5-14,17-18,31H2,1-4H3. The summed E-state index contributed by atoms with van der Waals surface area (Å²) in [4.78, 5) is 38.1. The SMILES string of the molecule is Cc1c(N)c2c3c(ccc2n1CCCCCCCCCCCCBr)C(=O)C(=O)C(C(=O)OC(C)(C)C)O3. The molecule has 1 aliphatic rings. The normalized spacial score (nSPS) is 15.6. The van der Waals surface area contributed by atoms with Crippen LogP contribution in [0.4, 0.5) is 5.69 Å². The van der Waals surface area contributed by atoms with E-state index in [4.69, 9.17) is 15.2 Å². The molecule has 0 saturated heterocycles. The first-order chi connectivity index (χ1) is 17.6. The predicted octanol–water partition coefficient (Wildman–Crippen LogP) is 6.68. The van der Waals surface area contributed by atoms with Gasteiger partial charge in [0, 0.05) is 17.6 Å². The number of Topliss-reactive ketones (excluding diaryl/α,β-unsaturated/α-hetero) is 2. The number of benzene rings is 1. The Hall–Kier alpha value is -2.35. The molecule has 1 aliphatic heterocycles. The van der Waals surface area contributed by atoms with Crippen LogP contribution < -0.4 is 10.5 Å². The van der Waals surface area contributed by atoms with Gasteiger partial charge in [-0.2, -0.15) is 0 Å². The van der Waals surface area contributed by atoms with Gasteiger partial charge in [-0.05, 0) is 52.7 Å². The summed E-state index contributed by atoms with van der Waals surface area (Å²) in [6.07, 6.45) is 10.9. The molecule has 2 N–H and O–H groups in total. The van der Waals surface area contributed by atoms with Crippen LogP contribution in [0, 0.1) is 6.92 Å². The van der Waals surface area contributed by atoms with Crippen LogP contribution in [-0.4, -0.2) is 39.1 Å². The van der Waals surface area contributed by atoms with E-state index in [-0.39, 0.29) is 11.3 Å². The molecule has 0 radical (unpaired) electrons. The molecule has 0 spiro atoms. The topological polar surface area (TPSA) is 101 Å². The average Bonchev–Trinajstić information content (AvgIpc) is 3.08. The Morgan fingerprint density at radius 1 is 1.00 bits per heavy atom. The second kappa shape index (κ2) is 12.9. The van der Waals surface area contributed by atoms with Crippen molar-refractivity contribution in [1.29, 1.82) is 0 Å². The van der Waals surface area contributed by atoms with Crippen molar-refractivity contribution in [1.82, 2.24) is 4.57 Å². The van der Waals surface area contributed by atoms with Gasteiger partial charge in [0.15, 0.2) is 0 Å². The number of ether oxygens (including phenoxy) is 2. The molecule has 37 heavy (non-hydrogen) atoms. The zero-order valence-electron chi connectivity index (χ0n) is 22.7. The van der Waals surface area contributed by atoms with Crippen molar-refractivity contribution in [3.8, 4) is 5.75 Å². The molecule has 204 valence electrons. The number of unbranched alkanes of at least 4 members (excludes halogenated alkanes) is 9. The van der Waals surface area contributed by atoms with E-state index in [1.54, 1.807) is 26.8 Å². The number of anilines is 1. The summed E-state index contributed by atoms with van der Waals surface area (Å²) in [7, 11) is 0. The van der Waals surface area contributed by atoms with Gasteiger partial charge in [-0.15, -0.1) is 0 Å². The van der Waals surface area contributed by atoms with Crippen molar-refractivity contribution in [2.45, 2.75) is 110 Å². The van der Waals surface area contributed by atoms with Gasteiger partial charge in [-0.3, -0.25) is 9.59 Å². The van der Waals surface area contributed by atoms with Crippen LogP contribution in [-0.2, 0) is 20.9 Å². The molecule has 2 heterocycles. The Kier molecular flexibility index (Phi) is 10.2. The molecule has 3 rings (SSSR count). The number of alkyl halides is 1. The van der Waals surface area contributed by atoms with Crippen LogP contribution >= 0.6 is 15.9 Å². The minimum absolute atomic E-state index is 0.133. The Morgan fingerprint density at radius 3 is 2.14 bits per heavy atom. The highest BCUT2D eigenvalue weighted by molar-refractivity contribution is 9.09. The highest BCUT2D eigenvalue weighted by Gasteiger charge is 2.43. The maximum absolute atomic E-state index is 12.8. The van der Waals surface area contributed by atoms with Crippen molar-refractivity contribution in [3.63, 3.8) is 0 Å². The molecular weight excluding hydrogens is 536 g/mol. The number of hydrogen-bond donors (Lipinski definition) is 1. The summed E-state index contributed by atoms with van der Waals surface area (Å²) >= 11 is 3.48. The molecule has 0 saturated carbocycles. The molecule has 1 atom stereocenters. The van der Waals surface area contributed by atoms with Crippen molar-refractivity contribution in [2.75, 3.05) is 11.1 Å². The molecule has 0 bridgehead atoms. The third-order valence-corrected chi connectivity index (χ3v) is 7.38. The van der Waals surface area contributed by atoms with E-state index in [2.05, 4.69) is 20.5 Å². The minimum Gasteiger partial charge on any atom is -0.469 e. The summed E-state index contributed by atoms with van der Waals surface area (Å²) in [6.45, 7) is 7.83. The van der Waals surface area contributed by atoms with Crippen LogP contribution in [0.3, 0.4) is 0 Å². The zero-order chi connectivity index (χ0) is 27.2. The molecule has 1 aromatic carbocycles. The zero-order valence-corrected chi connectivity index (χ0v) is 24.2. The fourth-order valence-corrected chi connectivity index (χ4v) is 5.26. The number of esters is 1. The first-order valence-electron chi connectivity index (χ1n) is 13.5. The van der Waals surface area contributed by atoms with Crippen molar-refractivity contribution in [3.05, 3.63) is 23.4 Å². The highest BCUT2D eigenvalue weighted by atomic mass is 79.9. The van der Waals surface area contributed by atoms with Gasteiger partial charge in [0.25, 0.3) is 11.9 Å². The van der Waals surface area contributed by atoms with Gasteiger partial charge < -0.3 is 19.8 Å². The Morgan fingerprint density at radius 2 is 1.57 bits per heavy atom. The highest BCUT2D eigenvalue weighted by Crippen LogP contribution is 2.41. The first-order valence-corrected chi connectivity index (χ1v) is 14.6. The van der Waals surface area contributed by atoms with Crippen LogP contribution in [0.15, 0.2) is 12.1 Å². The molecule has 1 aromatic heterocycles. The van der Waals surface area contributed by atoms with E-state index in [9.17, 15) is 14.4 Å². The number of fused-ring (bicyclic) bond motifs is 3. The number of hydrogen-bond acceptors (Lipinski definition) is 6. The lowest BCUT2D eigenvalue weighted by Gasteiger charge is -2.27. The maximum Gasteiger partial charge on any atom is 0.356 e. The van der Waals surface area contributed by atoms with Crippen molar-refractivity contribution in [2.24, 2.45) is 0 Å². The summed E-state index contributed by atoms with van der Waals surface area (Å²) in [6, 6.07) is 3.41. The quantitative estimate of drug-likeness (QED) is 0.0937. The molecule has 7 nitrogen and oxygen atoms in total. The predicted molar refractivity (Wildman–Crippen MR) is 151 cm³/mol. The smallest absolute Gasteiger partial charge is 0.356 e. The number of nitrogens with zero attached hydrogens (tertiary/aromatic N) is 1. The molecule has 8 heteroatoms. The second-order valence-corrected chi connectivity index (χ2v) is 11.7. The van der Waals surface area contributed by atoms with E-state index in [0.29, 0.717) is 11.1 Å². The van der Waals surface area contributed by atoms with Crippen LogP contribution in [0.5, 0.6) is 5.75 Å². The van der Waals surface area contributed by atoms with Crippen molar-refractivity contribution < 1.29 is 23.9 Å². The van der Waals surface area contributed by atoms with Gasteiger partial charge in [0.2, 0.25) is 5.78 Å². The third-order valence-electron chi connectivity index (χ3n) is 6.82. The fourth-order valence-electron chi connectivity index (χ4n) is 4.87. The van der Waals surface area contributed by atoms with Crippen molar-refractivity contribution >= 4 is 50.1 Å². The molecule has 2 aromatic rings. The number of carbonyl (C=O) groups is 3. The van der Waals surface area contributed by atoms with E-state index < -0.39 is 29.2 Å². The van der Waals surface area contributed by atoms with Gasteiger partial charge in [0.1, 0.15) is 11.4 Å². The maximum atomic E-state index is 12.8. The van der Waals surface area contributed by atoms with Gasteiger partial charge in [0.05, 0.1) is 22.2 Å². The van der Waals surface area contributed by atoms with E-state index in [1.807, 2.05) is 13.0 Å². The summed E-state index contributed by atoms with van der Waals surface area (Å²) < 4.78 is 13.3. The molecule has 0 fully saturated rings. The lowest BCUT2D eigenvalue weighted by atomic mass is 9.97. The number of ketones is 2. The van der Waals surface area contributed by atoms with E-state index in [1.165, 1.54) is 51.4 Å². The Bertz CT molecular complexity index is 1130. The van der Waals surface area contributed by atoms with E-state index >= 15 is 0 Å². The van der Waals surface area contributed by atoms with E-state index in [0.717, 1.165) is 35.9 Å². The number of carbonyl (C=O) groups excluding carboxylic acids is 3. The largest absolute Gasteiger partial charge is 0.469 e. The lowest BCUT2D eigenvalue weighted by Crippen LogP contribution is -2.46. The molecule has 1 unspecified atom stereocenters. The minimum atomic E-state index is -1.63. The summed E-state index contributed by atoms with van der Waals surface area (Å²) in [5.41, 5.74) is 8.01.